The maximum atomic E-state index is 9.00. The van der Waals surface area contributed by atoms with Crippen molar-refractivity contribution in [1.82, 2.24) is 5.32 Å². The van der Waals surface area contributed by atoms with Gasteiger partial charge in [0.1, 0.15) is 0 Å². The number of nitrogens with zero attached hydrogens (tertiary/aromatic N) is 1. The van der Waals surface area contributed by atoms with Gasteiger partial charge >= 0.3 is 7.12 Å². The van der Waals surface area contributed by atoms with Gasteiger partial charge in [0.15, 0.2) is 0 Å². The molecular weight excluding hydrogens is 287 g/mol. The van der Waals surface area contributed by atoms with Gasteiger partial charge in [0.2, 0.25) is 0 Å². The molecule has 0 atom stereocenters. The third-order valence-electron chi connectivity index (χ3n) is 4.60. The molecule has 1 N–H and O–H groups in total. The highest BCUT2D eigenvalue weighted by atomic mass is 16.7. The number of nitrogens with one attached hydrogen (secondary N) is 1. The van der Waals surface area contributed by atoms with Crippen LogP contribution in [0.4, 0.5) is 0 Å². The second kappa shape index (κ2) is 6.88. The van der Waals surface area contributed by atoms with E-state index in [1.54, 1.807) is 0 Å². The molecule has 0 aromatic heterocycles. The lowest BCUT2D eigenvalue weighted by atomic mass is 9.76. The van der Waals surface area contributed by atoms with E-state index in [0.717, 1.165) is 16.6 Å². The largest absolute Gasteiger partial charge is 0.491 e. The number of benzene rings is 1. The number of likely N-dealkylation sites (N-methyl/N-ethyl adjacent to an activating group) is 1. The molecule has 0 aliphatic carbocycles. The first-order valence-corrected chi connectivity index (χ1v) is 7.96. The molecule has 0 saturated carbocycles. The van der Waals surface area contributed by atoms with E-state index in [9.17, 15) is 0 Å². The zero-order valence-electron chi connectivity index (χ0n) is 14.6. The van der Waals surface area contributed by atoms with Crippen LogP contribution in [0, 0.1) is 11.3 Å². The summed E-state index contributed by atoms with van der Waals surface area (Å²) >= 11 is 0. The fourth-order valence-electron chi connectivity index (χ4n) is 2.52. The Hall–Kier alpha value is -1.61. The summed E-state index contributed by atoms with van der Waals surface area (Å²) in [5.41, 5.74) is 2.35. The van der Waals surface area contributed by atoms with Gasteiger partial charge in [-0.2, -0.15) is 5.26 Å². The van der Waals surface area contributed by atoms with Crippen molar-refractivity contribution in [3.05, 3.63) is 40.9 Å². The summed E-state index contributed by atoms with van der Waals surface area (Å²) in [6, 6.07) is 10.2. The number of hydrogen-bond acceptors (Lipinski definition) is 4. The number of rotatable bonds is 5. The van der Waals surface area contributed by atoms with Gasteiger partial charge in [-0.05, 0) is 51.3 Å². The van der Waals surface area contributed by atoms with Crippen LogP contribution in [0.2, 0.25) is 0 Å². The minimum atomic E-state index is -0.386. The predicted octanol–water partition coefficient (Wildman–Crippen LogP) is 2.99. The molecule has 0 radical (unpaired) electrons. The Morgan fingerprint density at radius 1 is 1.22 bits per heavy atom. The normalized spacial score (nSPS) is 19.7. The molecule has 0 bridgehead atoms. The van der Waals surface area contributed by atoms with Crippen LogP contribution in [0.5, 0.6) is 0 Å². The Balaban J connectivity index is 2.35. The number of nitriles is 1. The third kappa shape index (κ3) is 3.84. The van der Waals surface area contributed by atoms with E-state index in [4.69, 9.17) is 14.6 Å². The molecule has 1 fully saturated rings. The molecule has 122 valence electrons. The Bertz CT molecular complexity index is 616. The molecule has 1 aliphatic heterocycles. The maximum absolute atomic E-state index is 9.00. The topological polar surface area (TPSA) is 54.3 Å². The van der Waals surface area contributed by atoms with Crippen molar-refractivity contribution in [3.8, 4) is 6.07 Å². The fraction of sp³-hybridized carbons (Fsp3) is 0.500. The molecule has 5 heteroatoms. The molecular formula is C18H25BN2O2. The fourth-order valence-corrected chi connectivity index (χ4v) is 2.52. The molecule has 4 nitrogen and oxygen atoms in total. The SMILES string of the molecule is CNCC(=Cc1ccccc1CC#N)B1OC(C)(C)C(C)(C)O1. The molecule has 23 heavy (non-hydrogen) atoms. The first-order valence-electron chi connectivity index (χ1n) is 7.96. The third-order valence-corrected chi connectivity index (χ3v) is 4.60. The van der Waals surface area contributed by atoms with Crippen LogP contribution in [-0.4, -0.2) is 31.9 Å². The Kier molecular flexibility index (Phi) is 5.31. The van der Waals surface area contributed by atoms with Crippen LogP contribution in [0.25, 0.3) is 6.08 Å². The first-order chi connectivity index (χ1) is 10.8. The van der Waals surface area contributed by atoms with Gasteiger partial charge in [-0.3, -0.25) is 0 Å². The van der Waals surface area contributed by atoms with Crippen molar-refractivity contribution in [3.63, 3.8) is 0 Å². The minimum Gasteiger partial charge on any atom is -0.400 e. The molecule has 1 aliphatic rings. The molecule has 1 heterocycles. The standard InChI is InChI=1S/C18H25BN2O2/c1-17(2)18(3,4)23-19(22-17)16(13-21-5)12-15-9-7-6-8-14(15)10-11-20/h6-9,12,21H,10,13H2,1-5H3. The van der Waals surface area contributed by atoms with Gasteiger partial charge in [-0.1, -0.05) is 30.3 Å². The average molecular weight is 312 g/mol. The van der Waals surface area contributed by atoms with Gasteiger partial charge in [0.05, 0.1) is 23.7 Å². The lowest BCUT2D eigenvalue weighted by Crippen LogP contribution is -2.41. The Labute approximate surface area is 139 Å². The van der Waals surface area contributed by atoms with Crippen LogP contribution in [-0.2, 0) is 15.7 Å². The second-order valence-electron chi connectivity index (χ2n) is 6.87. The van der Waals surface area contributed by atoms with E-state index in [-0.39, 0.29) is 18.3 Å². The molecule has 1 aromatic carbocycles. The average Bonchev–Trinajstić information content (AvgIpc) is 2.69. The van der Waals surface area contributed by atoms with Crippen molar-refractivity contribution >= 4 is 13.2 Å². The highest BCUT2D eigenvalue weighted by Crippen LogP contribution is 2.38. The smallest absolute Gasteiger partial charge is 0.400 e. The van der Waals surface area contributed by atoms with E-state index >= 15 is 0 Å². The summed E-state index contributed by atoms with van der Waals surface area (Å²) in [6.45, 7) is 8.86. The van der Waals surface area contributed by atoms with Crippen LogP contribution in [0.3, 0.4) is 0 Å². The van der Waals surface area contributed by atoms with E-state index in [1.807, 2.05) is 59.0 Å². The summed E-state index contributed by atoms with van der Waals surface area (Å²) in [6.07, 6.45) is 2.47. The monoisotopic (exact) mass is 312 g/mol. The van der Waals surface area contributed by atoms with Crippen LogP contribution in [0.1, 0.15) is 38.8 Å². The highest BCUT2D eigenvalue weighted by Gasteiger charge is 2.52. The molecule has 1 aromatic rings. The molecule has 0 amide bonds. The van der Waals surface area contributed by atoms with Crippen molar-refractivity contribution in [2.45, 2.75) is 45.3 Å². The summed E-state index contributed by atoms with van der Waals surface area (Å²) in [4.78, 5) is 0. The van der Waals surface area contributed by atoms with Gasteiger partial charge in [0.25, 0.3) is 0 Å². The second-order valence-corrected chi connectivity index (χ2v) is 6.87. The van der Waals surface area contributed by atoms with E-state index < -0.39 is 0 Å². The van der Waals surface area contributed by atoms with Crippen LogP contribution >= 0.6 is 0 Å². The van der Waals surface area contributed by atoms with Crippen molar-refractivity contribution in [2.75, 3.05) is 13.6 Å². The Morgan fingerprint density at radius 3 is 2.39 bits per heavy atom. The van der Waals surface area contributed by atoms with E-state index in [0.29, 0.717) is 13.0 Å². The zero-order chi connectivity index (χ0) is 17.1. The predicted molar refractivity (Wildman–Crippen MR) is 93.7 cm³/mol. The van der Waals surface area contributed by atoms with Gasteiger partial charge in [0, 0.05) is 6.54 Å². The summed E-state index contributed by atoms with van der Waals surface area (Å²) < 4.78 is 12.3. The van der Waals surface area contributed by atoms with E-state index in [1.165, 1.54) is 0 Å². The molecule has 0 unspecified atom stereocenters. The lowest BCUT2D eigenvalue weighted by Gasteiger charge is -2.32. The summed E-state index contributed by atoms with van der Waals surface area (Å²) in [5, 5.41) is 12.2. The van der Waals surface area contributed by atoms with Gasteiger partial charge in [-0.25, -0.2) is 0 Å². The summed E-state index contributed by atoms with van der Waals surface area (Å²) in [5.74, 6) is 0. The molecule has 1 saturated heterocycles. The maximum Gasteiger partial charge on any atom is 0.491 e. The van der Waals surface area contributed by atoms with Crippen molar-refractivity contribution in [1.29, 1.82) is 5.26 Å². The number of hydrogen-bond donors (Lipinski definition) is 1. The quantitative estimate of drug-likeness (QED) is 0.849. The van der Waals surface area contributed by atoms with Gasteiger partial charge < -0.3 is 14.6 Å². The minimum absolute atomic E-state index is 0.364. The van der Waals surface area contributed by atoms with Crippen molar-refractivity contribution < 1.29 is 9.31 Å². The molecule has 2 rings (SSSR count). The van der Waals surface area contributed by atoms with Crippen molar-refractivity contribution in [2.24, 2.45) is 0 Å². The Morgan fingerprint density at radius 2 is 1.83 bits per heavy atom. The van der Waals surface area contributed by atoms with E-state index in [2.05, 4.69) is 17.5 Å². The zero-order valence-corrected chi connectivity index (χ0v) is 14.6. The summed E-state index contributed by atoms with van der Waals surface area (Å²) in [7, 11) is 1.52. The van der Waals surface area contributed by atoms with Crippen LogP contribution < -0.4 is 5.32 Å². The van der Waals surface area contributed by atoms with Gasteiger partial charge in [-0.15, -0.1) is 0 Å². The lowest BCUT2D eigenvalue weighted by molar-refractivity contribution is 0.00578. The first kappa shape index (κ1) is 17.7. The van der Waals surface area contributed by atoms with Crippen LogP contribution in [0.15, 0.2) is 29.7 Å². The molecule has 0 spiro atoms. The highest BCUT2D eigenvalue weighted by molar-refractivity contribution is 6.55.